The average molecular weight is 420 g/mol. The first-order valence-electron chi connectivity index (χ1n) is 8.28. The van der Waals surface area contributed by atoms with E-state index < -0.39 is 10.0 Å². The lowest BCUT2D eigenvalue weighted by atomic mass is 10.3. The number of nitrogens with one attached hydrogen (secondary N) is 2. The van der Waals surface area contributed by atoms with Crippen molar-refractivity contribution in [2.24, 2.45) is 0 Å². The maximum Gasteiger partial charge on any atom is 0.246 e. The van der Waals surface area contributed by atoms with Gasteiger partial charge in [-0.25, -0.2) is 8.42 Å². The Hall–Kier alpha value is -1.07. The molecule has 26 heavy (non-hydrogen) atoms. The minimum atomic E-state index is -3.67. The van der Waals surface area contributed by atoms with Crippen molar-refractivity contribution in [1.29, 1.82) is 0 Å². The third-order valence-corrected chi connectivity index (χ3v) is 6.68. The minimum absolute atomic E-state index is 0.122. The number of hydrogen-bond donors (Lipinski definition) is 2. The summed E-state index contributed by atoms with van der Waals surface area (Å²) in [7, 11) is -2.21. The van der Waals surface area contributed by atoms with Crippen LogP contribution in [0.25, 0.3) is 0 Å². The lowest BCUT2D eigenvalue weighted by Gasteiger charge is -2.27. The van der Waals surface area contributed by atoms with Gasteiger partial charge in [0.15, 0.2) is 5.11 Å². The summed E-state index contributed by atoms with van der Waals surface area (Å²) in [5.41, 5.74) is 0.597. The van der Waals surface area contributed by atoms with Gasteiger partial charge in [-0.3, -0.25) is 0 Å². The number of ether oxygens (including phenoxy) is 2. The predicted molar refractivity (Wildman–Crippen MR) is 110 cm³/mol. The Morgan fingerprint density at radius 1 is 1.38 bits per heavy atom. The van der Waals surface area contributed by atoms with Gasteiger partial charge < -0.3 is 20.1 Å². The highest BCUT2D eigenvalue weighted by Crippen LogP contribution is 2.30. The summed E-state index contributed by atoms with van der Waals surface area (Å²) < 4.78 is 37.8. The van der Waals surface area contributed by atoms with Crippen molar-refractivity contribution in [3.8, 4) is 5.75 Å². The smallest absolute Gasteiger partial charge is 0.246 e. The molecule has 10 heteroatoms. The number of thiocarbonyl (C=S) groups is 1. The average Bonchev–Trinajstić information content (AvgIpc) is 2.66. The van der Waals surface area contributed by atoms with Crippen molar-refractivity contribution in [1.82, 2.24) is 9.62 Å². The molecular formula is C16H25N3O4S3. The van der Waals surface area contributed by atoms with Crippen molar-refractivity contribution in [3.05, 3.63) is 18.2 Å². The van der Waals surface area contributed by atoms with Crippen molar-refractivity contribution in [2.75, 3.05) is 57.3 Å². The lowest BCUT2D eigenvalue weighted by molar-refractivity contribution is 0.0729. The maximum absolute atomic E-state index is 13.0. The second kappa shape index (κ2) is 10.3. The quantitative estimate of drug-likeness (QED) is 0.487. The molecule has 0 bridgehead atoms. The second-order valence-corrected chi connectivity index (χ2v) is 8.91. The number of sulfonamides is 1. The fourth-order valence-corrected chi connectivity index (χ4v) is 4.72. The number of hydrogen-bond acceptors (Lipinski definition) is 6. The number of nitrogens with zero attached hydrogens (tertiary/aromatic N) is 1. The van der Waals surface area contributed by atoms with Crippen LogP contribution in [0.5, 0.6) is 5.75 Å². The zero-order chi connectivity index (χ0) is 19.0. The molecule has 1 aliphatic rings. The molecule has 1 heterocycles. The molecule has 1 fully saturated rings. The van der Waals surface area contributed by atoms with Crippen LogP contribution in [0.15, 0.2) is 23.1 Å². The van der Waals surface area contributed by atoms with Gasteiger partial charge in [0.05, 0.1) is 20.3 Å². The Kier molecular flexibility index (Phi) is 8.42. The fraction of sp³-hybridized carbons (Fsp3) is 0.562. The van der Waals surface area contributed by atoms with E-state index in [2.05, 4.69) is 16.9 Å². The van der Waals surface area contributed by atoms with Gasteiger partial charge in [0.2, 0.25) is 10.0 Å². The number of thioether (sulfide) groups is 1. The molecule has 0 amide bonds. The standard InChI is InChI=1S/C16H25N3O4S3/c1-22-14-5-4-13(18-16(24)17-6-3-11-25-2)12-15(14)26(20,21)19-7-9-23-10-8-19/h4-5,12H,3,6-11H2,1-2H3,(H2,17,18,24). The Labute approximate surface area is 164 Å². The minimum Gasteiger partial charge on any atom is -0.495 e. The Morgan fingerprint density at radius 2 is 2.12 bits per heavy atom. The van der Waals surface area contributed by atoms with Crippen molar-refractivity contribution in [3.63, 3.8) is 0 Å². The van der Waals surface area contributed by atoms with Gasteiger partial charge in [-0.2, -0.15) is 16.1 Å². The number of methoxy groups -OCH3 is 1. The van der Waals surface area contributed by atoms with Crippen molar-refractivity contribution < 1.29 is 17.9 Å². The second-order valence-electron chi connectivity index (χ2n) is 5.61. The van der Waals surface area contributed by atoms with E-state index in [1.54, 1.807) is 30.0 Å². The molecule has 0 unspecified atom stereocenters. The van der Waals surface area contributed by atoms with Gasteiger partial charge in [0.1, 0.15) is 10.6 Å². The van der Waals surface area contributed by atoms with E-state index >= 15 is 0 Å². The van der Waals surface area contributed by atoms with E-state index in [0.717, 1.165) is 18.7 Å². The highest BCUT2D eigenvalue weighted by molar-refractivity contribution is 7.98. The molecule has 0 aliphatic carbocycles. The highest BCUT2D eigenvalue weighted by Gasteiger charge is 2.29. The van der Waals surface area contributed by atoms with Crippen molar-refractivity contribution in [2.45, 2.75) is 11.3 Å². The van der Waals surface area contributed by atoms with Crippen molar-refractivity contribution >= 4 is 44.8 Å². The number of anilines is 1. The molecule has 0 atom stereocenters. The molecule has 7 nitrogen and oxygen atoms in total. The molecule has 0 aromatic heterocycles. The van der Waals surface area contributed by atoms with E-state index in [4.69, 9.17) is 21.7 Å². The van der Waals surface area contributed by atoms with E-state index in [9.17, 15) is 8.42 Å². The van der Waals surface area contributed by atoms with Crippen LogP contribution in [0.3, 0.4) is 0 Å². The first-order chi connectivity index (χ1) is 12.5. The Balaban J connectivity index is 2.13. The topological polar surface area (TPSA) is 79.9 Å². The molecule has 1 aromatic rings. The molecule has 1 aromatic carbocycles. The van der Waals surface area contributed by atoms with E-state index in [1.807, 2.05) is 0 Å². The van der Waals surface area contributed by atoms with E-state index in [0.29, 0.717) is 42.9 Å². The van der Waals surface area contributed by atoms with Crippen LogP contribution in [-0.4, -0.2) is 69.8 Å². The van der Waals surface area contributed by atoms with Crippen LogP contribution in [-0.2, 0) is 14.8 Å². The third-order valence-electron chi connectivity index (χ3n) is 3.82. The largest absolute Gasteiger partial charge is 0.495 e. The summed E-state index contributed by atoms with van der Waals surface area (Å²) in [5.74, 6) is 1.36. The SMILES string of the molecule is COc1ccc(NC(=S)NCCCSC)cc1S(=O)(=O)N1CCOCC1. The monoisotopic (exact) mass is 419 g/mol. The summed E-state index contributed by atoms with van der Waals surface area (Å²) >= 11 is 7.05. The van der Waals surface area contributed by atoms with Gasteiger partial charge in [-0.15, -0.1) is 0 Å². The first kappa shape index (κ1) is 21.2. The molecule has 0 saturated carbocycles. The van der Waals surface area contributed by atoms with Crippen LogP contribution >= 0.6 is 24.0 Å². The predicted octanol–water partition coefficient (Wildman–Crippen LogP) is 1.76. The summed E-state index contributed by atoms with van der Waals surface area (Å²) in [6, 6.07) is 4.93. The Morgan fingerprint density at radius 3 is 2.77 bits per heavy atom. The van der Waals surface area contributed by atoms with E-state index in [-0.39, 0.29) is 4.90 Å². The summed E-state index contributed by atoms with van der Waals surface area (Å²) in [6.45, 7) is 2.21. The van der Waals surface area contributed by atoms with Crippen LogP contribution < -0.4 is 15.4 Å². The summed E-state index contributed by atoms with van der Waals surface area (Å²) in [5, 5.41) is 6.62. The van der Waals surface area contributed by atoms with Crippen LogP contribution in [0.2, 0.25) is 0 Å². The molecule has 0 spiro atoms. The van der Waals surface area contributed by atoms with Gasteiger partial charge >= 0.3 is 0 Å². The van der Waals surface area contributed by atoms with Crippen LogP contribution in [0.1, 0.15) is 6.42 Å². The fourth-order valence-electron chi connectivity index (χ4n) is 2.48. The molecular weight excluding hydrogens is 394 g/mol. The zero-order valence-corrected chi connectivity index (χ0v) is 17.4. The lowest BCUT2D eigenvalue weighted by Crippen LogP contribution is -2.40. The number of morpholine rings is 1. The molecule has 2 rings (SSSR count). The first-order valence-corrected chi connectivity index (χ1v) is 11.5. The van der Waals surface area contributed by atoms with E-state index in [1.165, 1.54) is 11.4 Å². The van der Waals surface area contributed by atoms with Crippen LogP contribution in [0, 0.1) is 0 Å². The molecule has 0 radical (unpaired) electrons. The normalized spacial score (nSPS) is 15.5. The molecule has 1 aliphatic heterocycles. The Bertz CT molecular complexity index is 707. The molecule has 146 valence electrons. The number of benzene rings is 1. The van der Waals surface area contributed by atoms with Gasteiger partial charge in [-0.1, -0.05) is 0 Å². The van der Waals surface area contributed by atoms with Gasteiger partial charge in [0.25, 0.3) is 0 Å². The van der Waals surface area contributed by atoms with Crippen LogP contribution in [0.4, 0.5) is 5.69 Å². The summed E-state index contributed by atoms with van der Waals surface area (Å²) in [4.78, 5) is 0.122. The zero-order valence-electron chi connectivity index (χ0n) is 15.0. The van der Waals surface area contributed by atoms with Gasteiger partial charge in [-0.05, 0) is 48.8 Å². The third kappa shape index (κ3) is 5.71. The summed E-state index contributed by atoms with van der Waals surface area (Å²) in [6.07, 6.45) is 3.06. The maximum atomic E-state index is 13.0. The molecule has 2 N–H and O–H groups in total. The van der Waals surface area contributed by atoms with Gasteiger partial charge in [0, 0.05) is 25.3 Å². The number of rotatable bonds is 8. The molecule has 1 saturated heterocycles. The highest BCUT2D eigenvalue weighted by atomic mass is 32.2.